The molecular formula is C21H22ClNO2. The highest BCUT2D eigenvalue weighted by Gasteiger charge is 2.55. The van der Waals surface area contributed by atoms with Crippen molar-refractivity contribution < 1.29 is 9.90 Å². The summed E-state index contributed by atoms with van der Waals surface area (Å²) in [5, 5.41) is 11.8. The summed E-state index contributed by atoms with van der Waals surface area (Å²) in [4.78, 5) is 15.0. The second kappa shape index (κ2) is 5.86. The molecule has 3 nitrogen and oxygen atoms in total. The van der Waals surface area contributed by atoms with E-state index in [1.807, 2.05) is 60.4 Å². The standard InChI is InChI=1S/C21H22ClNO2/c1-15-4-2-3-5-18(15)21(25)12-13-23(14-21)19(24)20(10-11-20)16-6-8-17(22)9-7-16/h2-9,25H,10-14H2,1H3. The highest BCUT2D eigenvalue weighted by molar-refractivity contribution is 6.30. The third kappa shape index (κ3) is 2.76. The van der Waals surface area contributed by atoms with Crippen molar-refractivity contribution in [3.8, 4) is 0 Å². The van der Waals surface area contributed by atoms with Crippen LogP contribution in [-0.4, -0.2) is 29.0 Å². The maximum absolute atomic E-state index is 13.2. The Hall–Kier alpha value is -1.84. The van der Waals surface area contributed by atoms with Gasteiger partial charge in [-0.1, -0.05) is 48.0 Å². The molecule has 1 saturated heterocycles. The molecule has 0 bridgehead atoms. The number of hydrogen-bond donors (Lipinski definition) is 1. The van der Waals surface area contributed by atoms with Gasteiger partial charge in [-0.2, -0.15) is 0 Å². The lowest BCUT2D eigenvalue weighted by molar-refractivity contribution is -0.134. The summed E-state index contributed by atoms with van der Waals surface area (Å²) in [6, 6.07) is 15.5. The Balaban J connectivity index is 1.57. The topological polar surface area (TPSA) is 40.5 Å². The molecule has 1 heterocycles. The summed E-state index contributed by atoms with van der Waals surface area (Å²) in [5.74, 6) is 0.138. The van der Waals surface area contributed by atoms with Crippen LogP contribution in [0.25, 0.3) is 0 Å². The largest absolute Gasteiger partial charge is 0.383 e. The van der Waals surface area contributed by atoms with Crippen LogP contribution in [0.5, 0.6) is 0 Å². The minimum atomic E-state index is -0.947. The van der Waals surface area contributed by atoms with E-state index in [1.54, 1.807) is 0 Å². The number of aliphatic hydroxyl groups is 1. The van der Waals surface area contributed by atoms with Crippen molar-refractivity contribution in [1.29, 1.82) is 0 Å². The Morgan fingerprint density at radius 2 is 1.76 bits per heavy atom. The van der Waals surface area contributed by atoms with Crippen molar-refractivity contribution in [2.24, 2.45) is 0 Å². The SMILES string of the molecule is Cc1ccccc1C1(O)CCN(C(=O)C2(c3ccc(Cl)cc3)CC2)C1. The molecule has 1 amide bonds. The summed E-state index contributed by atoms with van der Waals surface area (Å²) in [6.45, 7) is 2.97. The predicted molar refractivity (Wildman–Crippen MR) is 98.6 cm³/mol. The number of hydrogen-bond acceptors (Lipinski definition) is 2. The van der Waals surface area contributed by atoms with E-state index >= 15 is 0 Å². The molecule has 1 N–H and O–H groups in total. The number of nitrogens with zero attached hydrogens (tertiary/aromatic N) is 1. The van der Waals surface area contributed by atoms with Crippen LogP contribution in [0.4, 0.5) is 0 Å². The third-order valence-corrected chi connectivity index (χ3v) is 5.99. The summed E-state index contributed by atoms with van der Waals surface area (Å²) in [7, 11) is 0. The fraction of sp³-hybridized carbons (Fsp3) is 0.381. The van der Waals surface area contributed by atoms with Gasteiger partial charge in [0, 0.05) is 11.6 Å². The van der Waals surface area contributed by atoms with Gasteiger partial charge in [0.15, 0.2) is 0 Å². The second-order valence-electron chi connectivity index (χ2n) is 7.41. The predicted octanol–water partition coefficient (Wildman–Crippen LogP) is 3.80. The number of aryl methyl sites for hydroxylation is 1. The molecule has 1 aliphatic heterocycles. The van der Waals surface area contributed by atoms with E-state index in [0.29, 0.717) is 24.5 Å². The van der Waals surface area contributed by atoms with Gasteiger partial charge in [-0.25, -0.2) is 0 Å². The highest BCUT2D eigenvalue weighted by Crippen LogP contribution is 2.51. The normalized spacial score (nSPS) is 24.4. The van der Waals surface area contributed by atoms with Crippen LogP contribution in [0, 0.1) is 6.92 Å². The average Bonchev–Trinajstić information content (AvgIpc) is 3.32. The Labute approximate surface area is 153 Å². The first-order valence-corrected chi connectivity index (χ1v) is 9.16. The molecule has 1 unspecified atom stereocenters. The maximum atomic E-state index is 13.2. The number of β-amino-alcohol motifs (C(OH)–C–C–N with tert-alkyl or cyclic N) is 1. The summed E-state index contributed by atoms with van der Waals surface area (Å²) >= 11 is 5.98. The smallest absolute Gasteiger partial charge is 0.233 e. The Bertz CT molecular complexity index is 813. The molecular weight excluding hydrogens is 334 g/mol. The summed E-state index contributed by atoms with van der Waals surface area (Å²) in [5.41, 5.74) is 1.67. The number of carbonyl (C=O) groups excluding carboxylic acids is 1. The van der Waals surface area contributed by atoms with Gasteiger partial charge in [0.05, 0.1) is 12.0 Å². The zero-order chi connectivity index (χ0) is 17.7. The van der Waals surface area contributed by atoms with Crippen LogP contribution >= 0.6 is 11.6 Å². The van der Waals surface area contributed by atoms with Gasteiger partial charge >= 0.3 is 0 Å². The van der Waals surface area contributed by atoms with E-state index in [1.165, 1.54) is 0 Å². The summed E-state index contributed by atoms with van der Waals surface area (Å²) < 4.78 is 0. The van der Waals surface area contributed by atoms with Crippen LogP contribution in [0.15, 0.2) is 48.5 Å². The molecule has 0 aromatic heterocycles. The number of amides is 1. The Morgan fingerprint density at radius 1 is 1.08 bits per heavy atom. The fourth-order valence-electron chi connectivity index (χ4n) is 4.10. The van der Waals surface area contributed by atoms with Crippen molar-refractivity contribution in [3.05, 3.63) is 70.2 Å². The van der Waals surface area contributed by atoms with Gasteiger partial charge in [-0.15, -0.1) is 0 Å². The molecule has 1 saturated carbocycles. The van der Waals surface area contributed by atoms with Crippen molar-refractivity contribution in [1.82, 2.24) is 4.90 Å². The zero-order valence-electron chi connectivity index (χ0n) is 14.3. The third-order valence-electron chi connectivity index (χ3n) is 5.74. The van der Waals surface area contributed by atoms with Crippen LogP contribution in [0.1, 0.15) is 36.0 Å². The van der Waals surface area contributed by atoms with E-state index < -0.39 is 11.0 Å². The van der Waals surface area contributed by atoms with Crippen molar-refractivity contribution in [3.63, 3.8) is 0 Å². The van der Waals surface area contributed by atoms with E-state index in [4.69, 9.17) is 11.6 Å². The van der Waals surface area contributed by atoms with Crippen LogP contribution in [0.3, 0.4) is 0 Å². The lowest BCUT2D eigenvalue weighted by Gasteiger charge is -2.27. The van der Waals surface area contributed by atoms with Crippen LogP contribution in [-0.2, 0) is 15.8 Å². The molecule has 1 atom stereocenters. The zero-order valence-corrected chi connectivity index (χ0v) is 15.1. The molecule has 25 heavy (non-hydrogen) atoms. The van der Waals surface area contributed by atoms with Crippen LogP contribution in [0.2, 0.25) is 5.02 Å². The van der Waals surface area contributed by atoms with Gasteiger partial charge in [-0.3, -0.25) is 4.79 Å². The summed E-state index contributed by atoms with van der Waals surface area (Å²) in [6.07, 6.45) is 2.32. The minimum absolute atomic E-state index is 0.138. The molecule has 2 fully saturated rings. The second-order valence-corrected chi connectivity index (χ2v) is 7.85. The Morgan fingerprint density at radius 3 is 2.40 bits per heavy atom. The van der Waals surface area contributed by atoms with E-state index in [9.17, 15) is 9.90 Å². The first kappa shape index (κ1) is 16.6. The molecule has 4 heteroatoms. The van der Waals surface area contributed by atoms with Gasteiger partial charge in [-0.05, 0) is 55.0 Å². The number of rotatable bonds is 3. The van der Waals surface area contributed by atoms with Gasteiger partial charge in [0.25, 0.3) is 0 Å². The maximum Gasteiger partial charge on any atom is 0.233 e. The van der Waals surface area contributed by atoms with E-state index in [2.05, 4.69) is 0 Å². The van der Waals surface area contributed by atoms with Crippen LogP contribution < -0.4 is 0 Å². The molecule has 2 aromatic rings. The van der Waals surface area contributed by atoms with Crippen molar-refractivity contribution >= 4 is 17.5 Å². The molecule has 4 rings (SSSR count). The van der Waals surface area contributed by atoms with Gasteiger partial charge in [0.2, 0.25) is 5.91 Å². The number of likely N-dealkylation sites (tertiary alicyclic amines) is 1. The average molecular weight is 356 g/mol. The number of benzene rings is 2. The lowest BCUT2D eigenvalue weighted by Crippen LogP contribution is -2.40. The molecule has 130 valence electrons. The fourth-order valence-corrected chi connectivity index (χ4v) is 4.23. The number of halogens is 1. The van der Waals surface area contributed by atoms with Crippen molar-refractivity contribution in [2.75, 3.05) is 13.1 Å². The van der Waals surface area contributed by atoms with Crippen molar-refractivity contribution in [2.45, 2.75) is 37.2 Å². The molecule has 2 aromatic carbocycles. The first-order valence-electron chi connectivity index (χ1n) is 8.79. The van der Waals surface area contributed by atoms with E-state index in [-0.39, 0.29) is 5.91 Å². The monoisotopic (exact) mass is 355 g/mol. The van der Waals surface area contributed by atoms with Gasteiger partial charge in [0.1, 0.15) is 5.60 Å². The number of carbonyl (C=O) groups is 1. The Kier molecular flexibility index (Phi) is 3.89. The van der Waals surface area contributed by atoms with Gasteiger partial charge < -0.3 is 10.0 Å². The molecule has 1 aliphatic carbocycles. The first-order chi connectivity index (χ1) is 11.9. The minimum Gasteiger partial charge on any atom is -0.383 e. The highest BCUT2D eigenvalue weighted by atomic mass is 35.5. The van der Waals surface area contributed by atoms with E-state index in [0.717, 1.165) is 29.5 Å². The quantitative estimate of drug-likeness (QED) is 0.909. The lowest BCUT2D eigenvalue weighted by atomic mass is 9.89. The molecule has 0 radical (unpaired) electrons. The molecule has 0 spiro atoms. The molecule has 2 aliphatic rings.